The molecule has 6 nitrogen and oxygen atoms in total. The molecule has 0 saturated carbocycles. The van der Waals surface area contributed by atoms with Gasteiger partial charge in [0.2, 0.25) is 5.91 Å². The van der Waals surface area contributed by atoms with Crippen molar-refractivity contribution in [1.29, 1.82) is 0 Å². The Balaban J connectivity index is 1.68. The van der Waals surface area contributed by atoms with E-state index in [1.54, 1.807) is 36.3 Å². The molecule has 0 spiro atoms. The summed E-state index contributed by atoms with van der Waals surface area (Å²) >= 11 is 11.4. The summed E-state index contributed by atoms with van der Waals surface area (Å²) in [4.78, 5) is 28.9. The van der Waals surface area contributed by atoms with Crippen LogP contribution >= 0.6 is 23.8 Å². The Morgan fingerprint density at radius 1 is 1.17 bits per heavy atom. The number of hydrogen-bond acceptors (Lipinski definition) is 4. The average molecular weight is 446 g/mol. The number of carbonyl (C=O) groups is 2. The number of methoxy groups -OCH3 is 1. The maximum Gasteiger partial charge on any atom is 0.252 e. The number of benzene rings is 2. The molecule has 2 amide bonds. The molecule has 1 N–H and O–H groups in total. The van der Waals surface area contributed by atoms with Gasteiger partial charge in [-0.15, -0.1) is 0 Å². The number of anilines is 1. The summed E-state index contributed by atoms with van der Waals surface area (Å²) in [6.45, 7) is 2.90. The van der Waals surface area contributed by atoms with Gasteiger partial charge in [-0.25, -0.2) is 0 Å². The molecule has 8 heteroatoms. The fourth-order valence-electron chi connectivity index (χ4n) is 3.40. The lowest BCUT2D eigenvalue weighted by Crippen LogP contribution is -2.39. The summed E-state index contributed by atoms with van der Waals surface area (Å²) in [5.41, 5.74) is 1.74. The Kier molecular flexibility index (Phi) is 7.29. The van der Waals surface area contributed by atoms with Crippen molar-refractivity contribution in [2.75, 3.05) is 25.5 Å². The standard InChI is InChI=1S/C22H24ClN3O3S/c1-3-25-21(28)19(14-20(27)24-17-8-6-16(23)7-9-17)26(22(25)30)13-12-15-4-10-18(29-2)11-5-15/h4-11,19H,3,12-14H2,1-2H3,(H,24,27)/t19-/m1/s1. The molecule has 1 heterocycles. The minimum absolute atomic E-state index is 0.0285. The van der Waals surface area contributed by atoms with E-state index in [1.807, 2.05) is 36.1 Å². The van der Waals surface area contributed by atoms with E-state index in [0.717, 1.165) is 11.3 Å². The Labute approximate surface area is 186 Å². The fraction of sp³-hybridized carbons (Fsp3) is 0.318. The zero-order valence-electron chi connectivity index (χ0n) is 16.9. The van der Waals surface area contributed by atoms with Gasteiger partial charge in [0.15, 0.2) is 5.11 Å². The average Bonchev–Trinajstić information content (AvgIpc) is 2.97. The molecule has 30 heavy (non-hydrogen) atoms. The summed E-state index contributed by atoms with van der Waals surface area (Å²) in [5.74, 6) is 0.411. The molecular formula is C22H24ClN3O3S. The first kappa shape index (κ1) is 22.1. The lowest BCUT2D eigenvalue weighted by atomic mass is 10.1. The van der Waals surface area contributed by atoms with E-state index < -0.39 is 6.04 Å². The van der Waals surface area contributed by atoms with Crippen LogP contribution in [0.2, 0.25) is 5.02 Å². The smallest absolute Gasteiger partial charge is 0.252 e. The van der Waals surface area contributed by atoms with E-state index in [2.05, 4.69) is 5.32 Å². The summed E-state index contributed by atoms with van der Waals surface area (Å²) in [6, 6.07) is 14.0. The zero-order chi connectivity index (χ0) is 21.7. The second-order valence-corrected chi connectivity index (χ2v) is 7.73. The van der Waals surface area contributed by atoms with E-state index >= 15 is 0 Å². The van der Waals surface area contributed by atoms with E-state index in [4.69, 9.17) is 28.6 Å². The van der Waals surface area contributed by atoms with Crippen LogP contribution in [0.1, 0.15) is 18.9 Å². The molecule has 1 aliphatic rings. The number of hydrogen-bond donors (Lipinski definition) is 1. The topological polar surface area (TPSA) is 61.9 Å². The van der Waals surface area contributed by atoms with Crippen LogP contribution in [0, 0.1) is 0 Å². The number of nitrogens with one attached hydrogen (secondary N) is 1. The maximum absolute atomic E-state index is 12.9. The lowest BCUT2D eigenvalue weighted by molar-refractivity contribution is -0.130. The van der Waals surface area contributed by atoms with Gasteiger partial charge in [0.05, 0.1) is 13.5 Å². The van der Waals surface area contributed by atoms with Crippen molar-refractivity contribution in [3.8, 4) is 5.75 Å². The van der Waals surface area contributed by atoms with Gasteiger partial charge in [-0.3, -0.25) is 14.5 Å². The van der Waals surface area contributed by atoms with Crippen LogP contribution in [0.3, 0.4) is 0 Å². The molecule has 0 aliphatic carbocycles. The van der Waals surface area contributed by atoms with Crippen molar-refractivity contribution in [2.45, 2.75) is 25.8 Å². The molecule has 1 aliphatic heterocycles. The van der Waals surface area contributed by atoms with Gasteiger partial charge in [0.25, 0.3) is 5.91 Å². The number of halogens is 1. The molecular weight excluding hydrogens is 422 g/mol. The molecule has 1 saturated heterocycles. The van der Waals surface area contributed by atoms with Crippen LogP contribution in [0.4, 0.5) is 5.69 Å². The highest BCUT2D eigenvalue weighted by Crippen LogP contribution is 2.23. The Morgan fingerprint density at radius 2 is 1.83 bits per heavy atom. The van der Waals surface area contributed by atoms with Gasteiger partial charge in [-0.05, 0) is 67.5 Å². The van der Waals surface area contributed by atoms with E-state index in [1.165, 1.54) is 0 Å². The number of likely N-dealkylation sites (N-methyl/N-ethyl adjacent to an activating group) is 1. The van der Waals surface area contributed by atoms with Crippen molar-refractivity contribution in [1.82, 2.24) is 9.80 Å². The maximum atomic E-state index is 12.9. The van der Waals surface area contributed by atoms with E-state index in [0.29, 0.717) is 35.3 Å². The van der Waals surface area contributed by atoms with Gasteiger partial charge in [0, 0.05) is 23.8 Å². The first-order valence-corrected chi connectivity index (χ1v) is 10.5. The fourth-order valence-corrected chi connectivity index (χ4v) is 3.96. The molecule has 3 rings (SSSR count). The minimum atomic E-state index is -0.608. The number of nitrogens with zero attached hydrogens (tertiary/aromatic N) is 2. The van der Waals surface area contributed by atoms with Crippen LogP contribution < -0.4 is 10.1 Å². The molecule has 0 aromatic heterocycles. The SMILES string of the molecule is CCN1C(=O)[C@@H](CC(=O)Nc2ccc(Cl)cc2)N(CCc2ccc(OC)cc2)C1=S. The Morgan fingerprint density at radius 3 is 2.43 bits per heavy atom. The second-order valence-electron chi connectivity index (χ2n) is 6.93. The minimum Gasteiger partial charge on any atom is -0.497 e. The molecule has 1 atom stereocenters. The van der Waals surface area contributed by atoms with Crippen molar-refractivity contribution >= 4 is 46.4 Å². The predicted octanol–water partition coefficient (Wildman–Crippen LogP) is 3.74. The molecule has 1 fully saturated rings. The second kappa shape index (κ2) is 9.91. The Hall–Kier alpha value is -2.64. The quantitative estimate of drug-likeness (QED) is 0.627. The third kappa shape index (κ3) is 5.09. The van der Waals surface area contributed by atoms with Crippen LogP contribution in [0.15, 0.2) is 48.5 Å². The van der Waals surface area contributed by atoms with Gasteiger partial charge < -0.3 is 15.0 Å². The molecule has 158 valence electrons. The van der Waals surface area contributed by atoms with Gasteiger partial charge >= 0.3 is 0 Å². The van der Waals surface area contributed by atoms with E-state index in [-0.39, 0.29) is 18.2 Å². The molecule has 2 aromatic carbocycles. The largest absolute Gasteiger partial charge is 0.497 e. The number of rotatable bonds is 8. The number of carbonyl (C=O) groups excluding carboxylic acids is 2. The summed E-state index contributed by atoms with van der Waals surface area (Å²) in [7, 11) is 1.63. The zero-order valence-corrected chi connectivity index (χ0v) is 18.5. The summed E-state index contributed by atoms with van der Waals surface area (Å²) in [6.07, 6.45) is 0.727. The van der Waals surface area contributed by atoms with Crippen LogP contribution in [-0.4, -0.2) is 53.0 Å². The van der Waals surface area contributed by atoms with Crippen LogP contribution in [0.25, 0.3) is 0 Å². The highest BCUT2D eigenvalue weighted by atomic mass is 35.5. The number of amides is 2. The molecule has 0 unspecified atom stereocenters. The van der Waals surface area contributed by atoms with Crippen molar-refractivity contribution in [3.63, 3.8) is 0 Å². The van der Waals surface area contributed by atoms with E-state index in [9.17, 15) is 9.59 Å². The third-order valence-corrected chi connectivity index (χ3v) is 5.73. The molecule has 2 aromatic rings. The third-order valence-electron chi connectivity index (χ3n) is 5.03. The first-order chi connectivity index (χ1) is 14.4. The van der Waals surface area contributed by atoms with Crippen molar-refractivity contribution in [2.24, 2.45) is 0 Å². The van der Waals surface area contributed by atoms with Crippen molar-refractivity contribution in [3.05, 3.63) is 59.1 Å². The van der Waals surface area contributed by atoms with Crippen LogP contribution in [-0.2, 0) is 16.0 Å². The predicted molar refractivity (Wildman–Crippen MR) is 122 cm³/mol. The van der Waals surface area contributed by atoms with Crippen molar-refractivity contribution < 1.29 is 14.3 Å². The molecule has 0 bridgehead atoms. The molecule has 0 radical (unpaired) electrons. The first-order valence-electron chi connectivity index (χ1n) is 9.73. The lowest BCUT2D eigenvalue weighted by Gasteiger charge is -2.23. The highest BCUT2D eigenvalue weighted by molar-refractivity contribution is 7.80. The van der Waals surface area contributed by atoms with Gasteiger partial charge in [0.1, 0.15) is 11.8 Å². The van der Waals surface area contributed by atoms with Gasteiger partial charge in [-0.1, -0.05) is 23.7 Å². The number of thiocarbonyl (C=S) groups is 1. The normalized spacial score (nSPS) is 16.2. The monoisotopic (exact) mass is 445 g/mol. The van der Waals surface area contributed by atoms with Crippen LogP contribution in [0.5, 0.6) is 5.75 Å². The summed E-state index contributed by atoms with van der Waals surface area (Å²) < 4.78 is 5.19. The van der Waals surface area contributed by atoms with Gasteiger partial charge in [-0.2, -0.15) is 0 Å². The Bertz CT molecular complexity index is 918. The highest BCUT2D eigenvalue weighted by Gasteiger charge is 2.42. The summed E-state index contributed by atoms with van der Waals surface area (Å²) in [5, 5.41) is 3.88. The number of ether oxygens (including phenoxy) is 1.